The fraction of sp³-hybridized carbons (Fsp3) is 0.359. The van der Waals surface area contributed by atoms with Crippen molar-refractivity contribution in [3.8, 4) is 17.2 Å². The topological polar surface area (TPSA) is 137 Å². The summed E-state index contributed by atoms with van der Waals surface area (Å²) < 4.78 is 8.25. The highest BCUT2D eigenvalue weighted by Crippen LogP contribution is 2.29. The van der Waals surface area contributed by atoms with Gasteiger partial charge in [-0.2, -0.15) is 0 Å². The van der Waals surface area contributed by atoms with Crippen LogP contribution in [0.4, 0.5) is 16.2 Å². The van der Waals surface area contributed by atoms with Crippen LogP contribution in [0.1, 0.15) is 77.2 Å². The van der Waals surface area contributed by atoms with Gasteiger partial charge in [0.15, 0.2) is 0 Å². The van der Waals surface area contributed by atoms with Gasteiger partial charge < -0.3 is 35.7 Å². The van der Waals surface area contributed by atoms with E-state index < -0.39 is 0 Å². The first-order valence-electron chi connectivity index (χ1n) is 17.3. The first-order valence-corrected chi connectivity index (χ1v) is 17.3. The van der Waals surface area contributed by atoms with Crippen molar-refractivity contribution in [1.29, 1.82) is 0 Å². The van der Waals surface area contributed by atoms with Crippen LogP contribution in [0.15, 0.2) is 72.8 Å². The molecule has 0 bridgehead atoms. The van der Waals surface area contributed by atoms with E-state index in [4.69, 9.17) is 4.74 Å². The number of anilines is 2. The second kappa shape index (κ2) is 16.5. The summed E-state index contributed by atoms with van der Waals surface area (Å²) >= 11 is 0. The zero-order valence-corrected chi connectivity index (χ0v) is 29.5. The van der Waals surface area contributed by atoms with Crippen molar-refractivity contribution in [3.63, 3.8) is 0 Å². The SMILES string of the molecule is CCC(CC)NC(=O)Nc1ccc(Oc2ccc(NC(=O)c3ccc(-n4c(C)cc(CN5CCC(O)CC5)c4C)cc3)cc2)c(C(=O)NC)c1. The van der Waals surface area contributed by atoms with Gasteiger partial charge in [0, 0.05) is 66.7 Å². The Hall–Kier alpha value is -5.13. The van der Waals surface area contributed by atoms with E-state index >= 15 is 0 Å². The Bertz CT molecular complexity index is 1790. The van der Waals surface area contributed by atoms with Crippen LogP contribution in [0, 0.1) is 13.8 Å². The predicted octanol–water partition coefficient (Wildman–Crippen LogP) is 6.77. The summed E-state index contributed by atoms with van der Waals surface area (Å²) in [5.74, 6) is 0.191. The lowest BCUT2D eigenvalue weighted by molar-refractivity contribution is 0.0791. The molecule has 0 atom stereocenters. The molecule has 1 aliphatic rings. The number of hydrogen-bond acceptors (Lipinski definition) is 6. The number of amides is 4. The fourth-order valence-electron chi connectivity index (χ4n) is 6.26. The average Bonchev–Trinajstić information content (AvgIpc) is 3.40. The Morgan fingerprint density at radius 1 is 0.860 bits per heavy atom. The second-order valence-corrected chi connectivity index (χ2v) is 12.8. The number of likely N-dealkylation sites (tertiary alicyclic amines) is 1. The standard InChI is InChI=1S/C39H48N6O5/c1-6-29(7-2)42-39(49)43-31-12-17-36(35(23-31)38(48)40-5)50-34-15-10-30(11-16-34)41-37(47)27-8-13-32(14-9-27)45-25(3)22-28(26(45)4)24-44-20-18-33(46)19-21-44/h8-17,22-23,29,33,46H,6-7,18-21,24H2,1-5H3,(H,40,48)(H,41,47)(H2,42,43,49). The van der Waals surface area contributed by atoms with E-state index in [-0.39, 0.29) is 35.6 Å². The van der Waals surface area contributed by atoms with Crippen LogP contribution >= 0.6 is 0 Å². The van der Waals surface area contributed by atoms with Crippen molar-refractivity contribution in [1.82, 2.24) is 20.1 Å². The molecule has 0 spiro atoms. The zero-order chi connectivity index (χ0) is 35.8. The van der Waals surface area contributed by atoms with Crippen LogP contribution in [0.5, 0.6) is 11.5 Å². The molecule has 3 aromatic carbocycles. The van der Waals surface area contributed by atoms with Crippen molar-refractivity contribution >= 4 is 29.2 Å². The number of urea groups is 1. The molecule has 2 heterocycles. The number of aromatic nitrogens is 1. The van der Waals surface area contributed by atoms with Gasteiger partial charge >= 0.3 is 6.03 Å². The van der Waals surface area contributed by atoms with Crippen LogP contribution in [0.25, 0.3) is 5.69 Å². The number of aryl methyl sites for hydroxylation is 1. The Balaban J connectivity index is 1.21. The summed E-state index contributed by atoms with van der Waals surface area (Å²) in [6, 6.07) is 21.3. The molecule has 5 N–H and O–H groups in total. The third-order valence-corrected chi connectivity index (χ3v) is 9.24. The van der Waals surface area contributed by atoms with Crippen molar-refractivity contribution in [2.75, 3.05) is 30.8 Å². The highest BCUT2D eigenvalue weighted by Gasteiger charge is 2.20. The largest absolute Gasteiger partial charge is 0.457 e. The molecule has 264 valence electrons. The minimum Gasteiger partial charge on any atom is -0.457 e. The van der Waals surface area contributed by atoms with E-state index in [9.17, 15) is 19.5 Å². The summed E-state index contributed by atoms with van der Waals surface area (Å²) in [6.45, 7) is 10.9. The molecule has 5 rings (SSSR count). The van der Waals surface area contributed by atoms with Gasteiger partial charge in [-0.05, 0) is 118 Å². The third kappa shape index (κ3) is 8.90. The molecule has 0 unspecified atom stereocenters. The number of rotatable bonds is 12. The van der Waals surface area contributed by atoms with Gasteiger partial charge in [0.1, 0.15) is 11.5 Å². The van der Waals surface area contributed by atoms with Crippen molar-refractivity contribution in [2.45, 2.75) is 72.1 Å². The summed E-state index contributed by atoms with van der Waals surface area (Å²) in [7, 11) is 1.53. The van der Waals surface area contributed by atoms with Crippen molar-refractivity contribution < 1.29 is 24.2 Å². The van der Waals surface area contributed by atoms with Crippen LogP contribution < -0.4 is 26.0 Å². The monoisotopic (exact) mass is 680 g/mol. The third-order valence-electron chi connectivity index (χ3n) is 9.24. The molecule has 0 radical (unpaired) electrons. The van der Waals surface area contributed by atoms with Crippen molar-refractivity contribution in [3.05, 3.63) is 101 Å². The number of benzene rings is 3. The highest BCUT2D eigenvalue weighted by molar-refractivity contribution is 6.04. The molecule has 1 saturated heterocycles. The normalized spacial score (nSPS) is 13.6. The number of nitrogens with one attached hydrogen (secondary N) is 4. The molecule has 4 amide bonds. The number of nitrogens with zero attached hydrogens (tertiary/aromatic N) is 2. The van der Waals surface area contributed by atoms with Gasteiger partial charge in [0.2, 0.25) is 0 Å². The van der Waals surface area contributed by atoms with Gasteiger partial charge in [-0.1, -0.05) is 13.8 Å². The minimum atomic E-state index is -0.361. The molecule has 11 nitrogen and oxygen atoms in total. The van der Waals surface area contributed by atoms with E-state index in [2.05, 4.69) is 50.6 Å². The number of carbonyl (C=O) groups excluding carboxylic acids is 3. The smallest absolute Gasteiger partial charge is 0.319 e. The molecule has 50 heavy (non-hydrogen) atoms. The van der Waals surface area contributed by atoms with E-state index in [1.54, 1.807) is 42.5 Å². The summed E-state index contributed by atoms with van der Waals surface area (Å²) in [5, 5.41) is 21.1. The summed E-state index contributed by atoms with van der Waals surface area (Å²) in [4.78, 5) is 40.6. The fourth-order valence-corrected chi connectivity index (χ4v) is 6.26. The predicted molar refractivity (Wildman–Crippen MR) is 197 cm³/mol. The van der Waals surface area contributed by atoms with Crippen LogP contribution in [0.2, 0.25) is 0 Å². The molecule has 0 saturated carbocycles. The number of piperidine rings is 1. The molecule has 1 aromatic heterocycles. The van der Waals surface area contributed by atoms with E-state index in [1.165, 1.54) is 18.3 Å². The van der Waals surface area contributed by atoms with Crippen LogP contribution in [-0.4, -0.2) is 64.7 Å². The second-order valence-electron chi connectivity index (χ2n) is 12.8. The van der Waals surface area contributed by atoms with Gasteiger partial charge in [-0.3, -0.25) is 14.5 Å². The molecule has 4 aromatic rings. The zero-order valence-electron chi connectivity index (χ0n) is 29.5. The maximum Gasteiger partial charge on any atom is 0.319 e. The Kier molecular flexibility index (Phi) is 11.9. The van der Waals surface area contributed by atoms with E-state index in [0.717, 1.165) is 56.7 Å². The van der Waals surface area contributed by atoms with Gasteiger partial charge in [-0.25, -0.2) is 4.79 Å². The number of carbonyl (C=O) groups is 3. The highest BCUT2D eigenvalue weighted by atomic mass is 16.5. The van der Waals surface area contributed by atoms with Crippen molar-refractivity contribution in [2.24, 2.45) is 0 Å². The van der Waals surface area contributed by atoms with Gasteiger partial charge in [0.25, 0.3) is 11.8 Å². The van der Waals surface area contributed by atoms with Gasteiger partial charge in [0.05, 0.1) is 11.7 Å². The maximum absolute atomic E-state index is 13.1. The number of aliphatic hydroxyl groups is 1. The number of hydrogen-bond donors (Lipinski definition) is 5. The molecule has 1 aliphatic heterocycles. The molecule has 11 heteroatoms. The summed E-state index contributed by atoms with van der Waals surface area (Å²) in [5.41, 5.74) is 6.40. The Morgan fingerprint density at radius 2 is 1.52 bits per heavy atom. The van der Waals surface area contributed by atoms with E-state index in [0.29, 0.717) is 28.4 Å². The average molecular weight is 681 g/mol. The Labute approximate surface area is 294 Å². The van der Waals surface area contributed by atoms with E-state index in [1.807, 2.05) is 38.1 Å². The lowest BCUT2D eigenvalue weighted by Gasteiger charge is -2.29. The van der Waals surface area contributed by atoms with Crippen LogP contribution in [-0.2, 0) is 6.54 Å². The maximum atomic E-state index is 13.1. The first-order chi connectivity index (χ1) is 24.1. The van der Waals surface area contributed by atoms with Gasteiger partial charge in [-0.15, -0.1) is 0 Å². The first kappa shape index (κ1) is 36.2. The molecular weight excluding hydrogens is 632 g/mol. The summed E-state index contributed by atoms with van der Waals surface area (Å²) in [6.07, 6.45) is 3.08. The number of aliphatic hydroxyl groups excluding tert-OH is 1. The number of ether oxygens (including phenoxy) is 1. The lowest BCUT2D eigenvalue weighted by Crippen LogP contribution is -2.37. The van der Waals surface area contributed by atoms with Crippen LogP contribution in [0.3, 0.4) is 0 Å². The molecular formula is C39H48N6O5. The lowest BCUT2D eigenvalue weighted by atomic mass is 10.1. The Morgan fingerprint density at radius 3 is 2.16 bits per heavy atom. The quantitative estimate of drug-likeness (QED) is 0.112. The molecule has 0 aliphatic carbocycles. The minimum absolute atomic E-state index is 0.0645. The molecule has 1 fully saturated rings.